The van der Waals surface area contributed by atoms with E-state index in [0.717, 1.165) is 6.92 Å². The number of ether oxygens (including phenoxy) is 2. The zero-order chi connectivity index (χ0) is 17.9. The Morgan fingerprint density at radius 3 is 1.83 bits per heavy atom. The SMILES string of the molecule is CCOC(=O)C(CC#CCNC(C)=O)(NC(C)=O)C(=O)OCC. The van der Waals surface area contributed by atoms with Crippen LogP contribution in [0.25, 0.3) is 0 Å². The predicted octanol–water partition coefficient (Wildman–Crippen LogP) is -0.483. The van der Waals surface area contributed by atoms with Crippen molar-refractivity contribution < 1.29 is 28.7 Å². The number of nitrogens with one attached hydrogen (secondary N) is 2. The van der Waals surface area contributed by atoms with Crippen molar-refractivity contribution in [3.63, 3.8) is 0 Å². The molecule has 0 saturated carbocycles. The summed E-state index contributed by atoms with van der Waals surface area (Å²) in [5.41, 5.74) is -2.03. The van der Waals surface area contributed by atoms with Gasteiger partial charge >= 0.3 is 11.9 Å². The minimum absolute atomic E-state index is 0.0267. The lowest BCUT2D eigenvalue weighted by Crippen LogP contribution is -2.61. The lowest BCUT2D eigenvalue weighted by Gasteiger charge is -2.27. The van der Waals surface area contributed by atoms with Gasteiger partial charge in [0.2, 0.25) is 17.4 Å². The Bertz CT molecular complexity index is 500. The molecule has 0 aromatic rings. The molecule has 0 fully saturated rings. The summed E-state index contributed by atoms with van der Waals surface area (Å²) in [6.07, 6.45) is -0.330. The smallest absolute Gasteiger partial charge is 0.344 e. The van der Waals surface area contributed by atoms with Crippen LogP contribution < -0.4 is 10.6 Å². The second-order valence-electron chi connectivity index (χ2n) is 4.47. The predicted molar refractivity (Wildman–Crippen MR) is 80.9 cm³/mol. The third kappa shape index (κ3) is 6.82. The molecule has 0 atom stereocenters. The van der Waals surface area contributed by atoms with Gasteiger partial charge in [0.05, 0.1) is 26.2 Å². The van der Waals surface area contributed by atoms with E-state index in [-0.39, 0.29) is 32.1 Å². The summed E-state index contributed by atoms with van der Waals surface area (Å²) < 4.78 is 9.76. The van der Waals surface area contributed by atoms with E-state index in [2.05, 4.69) is 22.5 Å². The molecule has 0 bridgehead atoms. The van der Waals surface area contributed by atoms with Gasteiger partial charge in [0.25, 0.3) is 0 Å². The molecule has 0 aliphatic carbocycles. The summed E-state index contributed by atoms with van der Waals surface area (Å²) in [4.78, 5) is 46.6. The van der Waals surface area contributed by atoms with E-state index in [1.807, 2.05) is 0 Å². The molecule has 23 heavy (non-hydrogen) atoms. The van der Waals surface area contributed by atoms with Gasteiger partial charge in [-0.1, -0.05) is 11.8 Å². The highest BCUT2D eigenvalue weighted by molar-refractivity contribution is 6.08. The summed E-state index contributed by atoms with van der Waals surface area (Å²) in [6.45, 7) is 5.75. The maximum Gasteiger partial charge on any atom is 0.344 e. The molecule has 0 rings (SSSR count). The lowest BCUT2D eigenvalue weighted by molar-refractivity contribution is -0.167. The summed E-state index contributed by atoms with van der Waals surface area (Å²) in [5.74, 6) is 2.43. The molecule has 8 heteroatoms. The van der Waals surface area contributed by atoms with Gasteiger partial charge in [0.1, 0.15) is 0 Å². The average molecular weight is 326 g/mol. The van der Waals surface area contributed by atoms with Gasteiger partial charge in [-0.25, -0.2) is 9.59 Å². The van der Waals surface area contributed by atoms with Crippen molar-refractivity contribution in [2.75, 3.05) is 19.8 Å². The Balaban J connectivity index is 5.43. The van der Waals surface area contributed by atoms with Gasteiger partial charge in [0.15, 0.2) is 0 Å². The highest BCUT2D eigenvalue weighted by Crippen LogP contribution is 2.16. The van der Waals surface area contributed by atoms with Gasteiger partial charge in [-0.15, -0.1) is 0 Å². The Hall–Kier alpha value is -2.56. The number of carbonyl (C=O) groups excluding carboxylic acids is 4. The van der Waals surface area contributed by atoms with E-state index >= 15 is 0 Å². The molecule has 128 valence electrons. The van der Waals surface area contributed by atoms with Crippen LogP contribution in [-0.4, -0.2) is 49.1 Å². The molecule has 8 nitrogen and oxygen atoms in total. The van der Waals surface area contributed by atoms with Crippen molar-refractivity contribution >= 4 is 23.8 Å². The minimum atomic E-state index is -2.03. The van der Waals surface area contributed by atoms with Crippen molar-refractivity contribution in [2.24, 2.45) is 0 Å². The molecule has 0 heterocycles. The fourth-order valence-corrected chi connectivity index (χ4v) is 1.61. The van der Waals surface area contributed by atoms with Crippen LogP contribution in [0, 0.1) is 11.8 Å². The van der Waals surface area contributed by atoms with E-state index in [4.69, 9.17) is 9.47 Å². The number of hydrogen-bond donors (Lipinski definition) is 2. The van der Waals surface area contributed by atoms with Crippen LogP contribution in [-0.2, 0) is 28.7 Å². The van der Waals surface area contributed by atoms with Gasteiger partial charge in [0, 0.05) is 13.8 Å². The largest absolute Gasteiger partial charge is 0.464 e. The first-order chi connectivity index (χ1) is 10.8. The highest BCUT2D eigenvalue weighted by Gasteiger charge is 2.49. The fourth-order valence-electron chi connectivity index (χ4n) is 1.61. The molecule has 0 aliphatic heterocycles. The highest BCUT2D eigenvalue weighted by atomic mass is 16.6. The van der Waals surface area contributed by atoms with Gasteiger partial charge in [-0.3, -0.25) is 9.59 Å². The van der Waals surface area contributed by atoms with Crippen LogP contribution in [0.1, 0.15) is 34.1 Å². The quantitative estimate of drug-likeness (QED) is 0.371. The van der Waals surface area contributed by atoms with Crippen molar-refractivity contribution in [3.8, 4) is 11.8 Å². The number of esters is 2. The number of hydrogen-bond acceptors (Lipinski definition) is 6. The molecule has 0 saturated heterocycles. The topological polar surface area (TPSA) is 111 Å². The van der Waals surface area contributed by atoms with E-state index in [1.54, 1.807) is 13.8 Å². The first-order valence-corrected chi connectivity index (χ1v) is 7.13. The molecular weight excluding hydrogens is 304 g/mol. The number of amides is 2. The van der Waals surface area contributed by atoms with Gasteiger partial charge < -0.3 is 20.1 Å². The van der Waals surface area contributed by atoms with Gasteiger partial charge in [-0.05, 0) is 13.8 Å². The van der Waals surface area contributed by atoms with Crippen LogP contribution in [0.4, 0.5) is 0 Å². The number of rotatable bonds is 7. The van der Waals surface area contributed by atoms with Crippen molar-refractivity contribution in [1.82, 2.24) is 10.6 Å². The van der Waals surface area contributed by atoms with Crippen molar-refractivity contribution in [2.45, 2.75) is 39.7 Å². The second kappa shape index (κ2) is 10.2. The molecule has 0 unspecified atom stereocenters. The van der Waals surface area contributed by atoms with Crippen molar-refractivity contribution in [3.05, 3.63) is 0 Å². The van der Waals surface area contributed by atoms with E-state index in [1.165, 1.54) is 6.92 Å². The molecular formula is C15H22N2O6. The third-order valence-corrected chi connectivity index (χ3v) is 2.54. The average Bonchev–Trinajstić information content (AvgIpc) is 2.45. The zero-order valence-electron chi connectivity index (χ0n) is 13.8. The lowest BCUT2D eigenvalue weighted by atomic mass is 9.95. The van der Waals surface area contributed by atoms with Crippen molar-refractivity contribution in [1.29, 1.82) is 0 Å². The van der Waals surface area contributed by atoms with Crippen LogP contribution in [0.3, 0.4) is 0 Å². The fraction of sp³-hybridized carbons (Fsp3) is 0.600. The third-order valence-electron chi connectivity index (χ3n) is 2.54. The summed E-state index contributed by atoms with van der Waals surface area (Å²) >= 11 is 0. The number of carbonyl (C=O) groups is 4. The molecule has 0 aliphatic rings. The van der Waals surface area contributed by atoms with E-state index < -0.39 is 23.4 Å². The molecule has 0 aromatic carbocycles. The summed E-state index contributed by atoms with van der Waals surface area (Å²) in [7, 11) is 0. The summed E-state index contributed by atoms with van der Waals surface area (Å²) in [5, 5.41) is 4.73. The minimum Gasteiger partial charge on any atom is -0.464 e. The first-order valence-electron chi connectivity index (χ1n) is 7.13. The first kappa shape index (κ1) is 20.4. The van der Waals surface area contributed by atoms with Gasteiger partial charge in [-0.2, -0.15) is 0 Å². The maximum absolute atomic E-state index is 12.2. The van der Waals surface area contributed by atoms with Crippen LogP contribution >= 0.6 is 0 Å². The molecule has 0 aromatic heterocycles. The molecule has 0 spiro atoms. The van der Waals surface area contributed by atoms with Crippen LogP contribution in [0.2, 0.25) is 0 Å². The molecule has 0 radical (unpaired) electrons. The Morgan fingerprint density at radius 2 is 1.43 bits per heavy atom. The monoisotopic (exact) mass is 326 g/mol. The molecule has 2 amide bonds. The zero-order valence-corrected chi connectivity index (χ0v) is 13.8. The maximum atomic E-state index is 12.2. The van der Waals surface area contributed by atoms with E-state index in [0.29, 0.717) is 0 Å². The summed E-state index contributed by atoms with van der Waals surface area (Å²) in [6, 6.07) is 0. The standard InChI is InChI=1S/C15H22N2O6/c1-5-22-13(20)15(17-12(4)19,14(21)23-6-2)9-7-8-10-16-11(3)18/h5-6,9-10H2,1-4H3,(H,16,18)(H,17,19). The second-order valence-corrected chi connectivity index (χ2v) is 4.47. The normalized spacial score (nSPS) is 9.91. The van der Waals surface area contributed by atoms with Crippen LogP contribution in [0.5, 0.6) is 0 Å². The Labute approximate surface area is 135 Å². The Morgan fingerprint density at radius 1 is 0.913 bits per heavy atom. The van der Waals surface area contributed by atoms with E-state index in [9.17, 15) is 19.2 Å². The Kier molecular flexibility index (Phi) is 9.08. The molecule has 2 N–H and O–H groups in total. The van der Waals surface area contributed by atoms with Crippen LogP contribution in [0.15, 0.2) is 0 Å².